The van der Waals surface area contributed by atoms with E-state index in [1.54, 1.807) is 16.3 Å². The van der Waals surface area contributed by atoms with E-state index < -0.39 is 0 Å². The minimum atomic E-state index is -0.183. The lowest BCUT2D eigenvalue weighted by Gasteiger charge is -2.21. The third kappa shape index (κ3) is 3.70. The van der Waals surface area contributed by atoms with Crippen molar-refractivity contribution >= 4 is 23.0 Å². The van der Waals surface area contributed by atoms with Gasteiger partial charge in [0.1, 0.15) is 0 Å². The zero-order valence-electron chi connectivity index (χ0n) is 17.2. The van der Waals surface area contributed by atoms with Crippen LogP contribution in [0.1, 0.15) is 36.2 Å². The van der Waals surface area contributed by atoms with Gasteiger partial charge in [-0.25, -0.2) is 9.69 Å². The van der Waals surface area contributed by atoms with Gasteiger partial charge in [0, 0.05) is 30.2 Å². The minimum absolute atomic E-state index is 0.0167. The summed E-state index contributed by atoms with van der Waals surface area (Å²) in [4.78, 5) is 13.9. The Morgan fingerprint density at radius 3 is 2.45 bits per heavy atom. The molecule has 1 aliphatic heterocycles. The molecule has 0 saturated heterocycles. The SMILES string of the molecule is CCC(=O)N1N=C(c2cccs2)C[C@@H]1c1cn(-c2ccccc2)nc1-c1ccccc1. The highest BCUT2D eigenvalue weighted by molar-refractivity contribution is 7.12. The smallest absolute Gasteiger partial charge is 0.242 e. The lowest BCUT2D eigenvalue weighted by Crippen LogP contribution is -2.26. The number of para-hydroxylation sites is 1. The normalized spacial score (nSPS) is 15.8. The Hall–Kier alpha value is -3.51. The lowest BCUT2D eigenvalue weighted by atomic mass is 9.98. The predicted octanol–water partition coefficient (Wildman–Crippen LogP) is 5.69. The number of hydrazone groups is 1. The second kappa shape index (κ2) is 8.32. The van der Waals surface area contributed by atoms with Crippen LogP contribution in [0.15, 0.2) is 89.5 Å². The van der Waals surface area contributed by atoms with Crippen LogP contribution in [0.25, 0.3) is 16.9 Å². The average molecular weight is 427 g/mol. The van der Waals surface area contributed by atoms with E-state index in [2.05, 4.69) is 18.2 Å². The van der Waals surface area contributed by atoms with E-state index in [1.807, 2.05) is 77.8 Å². The fourth-order valence-corrected chi connectivity index (χ4v) is 4.62. The van der Waals surface area contributed by atoms with Crippen LogP contribution in [0.4, 0.5) is 0 Å². The molecule has 2 aromatic heterocycles. The van der Waals surface area contributed by atoms with E-state index in [-0.39, 0.29) is 11.9 Å². The van der Waals surface area contributed by atoms with Gasteiger partial charge in [0.25, 0.3) is 0 Å². The van der Waals surface area contributed by atoms with Crippen molar-refractivity contribution in [2.24, 2.45) is 5.10 Å². The van der Waals surface area contributed by atoms with Crippen molar-refractivity contribution in [3.8, 4) is 16.9 Å². The van der Waals surface area contributed by atoms with E-state index in [1.165, 1.54) is 0 Å². The number of nitrogens with zero attached hydrogens (tertiary/aromatic N) is 4. The summed E-state index contributed by atoms with van der Waals surface area (Å²) < 4.78 is 1.90. The number of benzene rings is 2. The number of carbonyl (C=O) groups excluding carboxylic acids is 1. The number of carbonyl (C=O) groups is 1. The van der Waals surface area contributed by atoms with Gasteiger partial charge in [0.2, 0.25) is 5.91 Å². The van der Waals surface area contributed by atoms with Crippen molar-refractivity contribution in [2.45, 2.75) is 25.8 Å². The summed E-state index contributed by atoms with van der Waals surface area (Å²) in [5, 5.41) is 13.4. The molecule has 0 aliphatic carbocycles. The molecule has 154 valence electrons. The number of aromatic nitrogens is 2. The quantitative estimate of drug-likeness (QED) is 0.412. The number of hydrogen-bond donors (Lipinski definition) is 0. The standard InChI is InChI=1S/C25H22N4OS/c1-2-24(30)29-22(16-21(26-29)23-14-9-15-31-23)20-17-28(19-12-7-4-8-13-19)27-25(20)18-10-5-3-6-11-18/h3-15,17,22H,2,16H2,1H3/t22-/m1/s1. The topological polar surface area (TPSA) is 50.5 Å². The predicted molar refractivity (Wildman–Crippen MR) is 124 cm³/mol. The van der Waals surface area contributed by atoms with Crippen LogP contribution >= 0.6 is 11.3 Å². The summed E-state index contributed by atoms with van der Waals surface area (Å²) in [5.74, 6) is 0.0167. The van der Waals surface area contributed by atoms with Crippen molar-refractivity contribution in [1.29, 1.82) is 0 Å². The Labute approximate surface area is 185 Å². The van der Waals surface area contributed by atoms with Crippen LogP contribution in [0, 0.1) is 0 Å². The fraction of sp³-hybridized carbons (Fsp3) is 0.160. The van der Waals surface area contributed by atoms with Crippen LogP contribution in [-0.4, -0.2) is 26.4 Å². The van der Waals surface area contributed by atoms with E-state index in [0.29, 0.717) is 12.8 Å². The van der Waals surface area contributed by atoms with Crippen LogP contribution in [0.3, 0.4) is 0 Å². The van der Waals surface area contributed by atoms with Gasteiger partial charge in [-0.15, -0.1) is 11.3 Å². The van der Waals surface area contributed by atoms with Gasteiger partial charge < -0.3 is 0 Å². The van der Waals surface area contributed by atoms with Gasteiger partial charge in [-0.05, 0) is 23.6 Å². The summed E-state index contributed by atoms with van der Waals surface area (Å²) in [6.45, 7) is 1.88. The molecule has 4 aromatic rings. The van der Waals surface area contributed by atoms with Crippen molar-refractivity contribution in [3.63, 3.8) is 0 Å². The van der Waals surface area contributed by atoms with Crippen molar-refractivity contribution < 1.29 is 4.79 Å². The molecule has 0 saturated carbocycles. The second-order valence-electron chi connectivity index (χ2n) is 7.41. The van der Waals surface area contributed by atoms with Crippen LogP contribution < -0.4 is 0 Å². The first-order chi connectivity index (χ1) is 15.2. The van der Waals surface area contributed by atoms with Gasteiger partial charge in [0.15, 0.2) is 0 Å². The van der Waals surface area contributed by atoms with Gasteiger partial charge in [-0.3, -0.25) is 4.79 Å². The maximum atomic E-state index is 12.8. The lowest BCUT2D eigenvalue weighted by molar-refractivity contribution is -0.132. The molecule has 2 aromatic carbocycles. The van der Waals surface area contributed by atoms with E-state index in [0.717, 1.165) is 33.1 Å². The van der Waals surface area contributed by atoms with Crippen LogP contribution in [0.2, 0.25) is 0 Å². The van der Waals surface area contributed by atoms with Gasteiger partial charge in [-0.1, -0.05) is 61.5 Å². The molecule has 6 heteroatoms. The molecule has 5 rings (SSSR count). The Bertz CT molecular complexity index is 1210. The Morgan fingerprint density at radius 2 is 1.77 bits per heavy atom. The molecular formula is C25H22N4OS. The number of rotatable bonds is 5. The second-order valence-corrected chi connectivity index (χ2v) is 8.36. The number of hydrogen-bond acceptors (Lipinski definition) is 4. The summed E-state index contributed by atoms with van der Waals surface area (Å²) in [7, 11) is 0. The van der Waals surface area contributed by atoms with Gasteiger partial charge in [0.05, 0.1) is 28.0 Å². The minimum Gasteiger partial charge on any atom is -0.273 e. The third-order valence-corrected chi connectivity index (χ3v) is 6.36. The molecule has 0 radical (unpaired) electrons. The first-order valence-corrected chi connectivity index (χ1v) is 11.3. The molecule has 5 nitrogen and oxygen atoms in total. The van der Waals surface area contributed by atoms with Crippen LogP contribution in [-0.2, 0) is 4.79 Å². The molecule has 0 unspecified atom stereocenters. The molecule has 0 fully saturated rings. The zero-order valence-corrected chi connectivity index (χ0v) is 18.0. The third-order valence-electron chi connectivity index (χ3n) is 5.44. The summed E-state index contributed by atoms with van der Waals surface area (Å²) in [6, 6.07) is 24.1. The number of thiophene rings is 1. The highest BCUT2D eigenvalue weighted by atomic mass is 32.1. The largest absolute Gasteiger partial charge is 0.273 e. The van der Waals surface area contributed by atoms with Crippen molar-refractivity contribution in [2.75, 3.05) is 0 Å². The summed E-state index contributed by atoms with van der Waals surface area (Å²) in [6.07, 6.45) is 3.13. The fourth-order valence-electron chi connectivity index (χ4n) is 3.90. The van der Waals surface area contributed by atoms with Crippen LogP contribution in [0.5, 0.6) is 0 Å². The Kier molecular flexibility index (Phi) is 5.22. The highest BCUT2D eigenvalue weighted by Crippen LogP contribution is 2.39. The molecule has 31 heavy (non-hydrogen) atoms. The van der Waals surface area contributed by atoms with Gasteiger partial charge >= 0.3 is 0 Å². The molecule has 0 N–H and O–H groups in total. The Balaban J connectivity index is 1.62. The highest BCUT2D eigenvalue weighted by Gasteiger charge is 2.35. The molecule has 3 heterocycles. The molecular weight excluding hydrogens is 404 g/mol. The maximum Gasteiger partial charge on any atom is 0.242 e. The van der Waals surface area contributed by atoms with E-state index in [4.69, 9.17) is 10.2 Å². The van der Waals surface area contributed by atoms with Crippen molar-refractivity contribution in [1.82, 2.24) is 14.8 Å². The van der Waals surface area contributed by atoms with E-state index in [9.17, 15) is 4.79 Å². The zero-order chi connectivity index (χ0) is 21.2. The summed E-state index contributed by atoms with van der Waals surface area (Å²) in [5.41, 5.74) is 4.85. The molecule has 1 aliphatic rings. The molecule has 1 atom stereocenters. The average Bonchev–Trinajstić information content (AvgIpc) is 3.58. The van der Waals surface area contributed by atoms with E-state index >= 15 is 0 Å². The molecule has 0 spiro atoms. The Morgan fingerprint density at radius 1 is 1.03 bits per heavy atom. The number of amides is 1. The maximum absolute atomic E-state index is 12.8. The molecule has 1 amide bonds. The first-order valence-electron chi connectivity index (χ1n) is 10.4. The molecule has 0 bridgehead atoms. The monoisotopic (exact) mass is 426 g/mol. The van der Waals surface area contributed by atoms with Gasteiger partial charge in [-0.2, -0.15) is 10.2 Å². The summed E-state index contributed by atoms with van der Waals surface area (Å²) >= 11 is 1.65. The first kappa shape index (κ1) is 19.5. The van der Waals surface area contributed by atoms with Crippen molar-refractivity contribution in [3.05, 3.63) is 94.8 Å².